The monoisotopic (exact) mass is 778 g/mol. The van der Waals surface area contributed by atoms with Gasteiger partial charge in [0.2, 0.25) is 0 Å². The Bertz CT molecular complexity index is 3570. The van der Waals surface area contributed by atoms with E-state index in [0.29, 0.717) is 0 Å². The number of nitrogens with zero attached hydrogens (tertiary/aromatic N) is 2. The highest BCUT2D eigenvalue weighted by Crippen LogP contribution is 2.49. The maximum absolute atomic E-state index is 6.97. The van der Waals surface area contributed by atoms with E-state index in [4.69, 9.17) is 4.42 Å². The normalized spacial score (nSPS) is 11.6. The van der Waals surface area contributed by atoms with Crippen molar-refractivity contribution in [3.63, 3.8) is 0 Å². The second-order valence-corrected chi connectivity index (χ2v) is 15.6. The molecule has 0 amide bonds. The molecule has 0 unspecified atom stereocenters. The number of aromatic nitrogens is 1. The number of furan rings is 1. The third kappa shape index (κ3) is 5.74. The van der Waals surface area contributed by atoms with Crippen LogP contribution in [-0.2, 0) is 0 Å². The number of anilines is 3. The van der Waals surface area contributed by atoms with E-state index in [9.17, 15) is 0 Å². The topological polar surface area (TPSA) is 21.3 Å². The van der Waals surface area contributed by atoms with Gasteiger partial charge in [0.1, 0.15) is 11.2 Å². The molecular formula is C58H38N2O. The molecule has 0 saturated carbocycles. The van der Waals surface area contributed by atoms with Crippen LogP contribution in [0.15, 0.2) is 235 Å². The summed E-state index contributed by atoms with van der Waals surface area (Å²) < 4.78 is 9.36. The zero-order chi connectivity index (χ0) is 40.3. The first-order valence-electron chi connectivity index (χ1n) is 20.8. The summed E-state index contributed by atoms with van der Waals surface area (Å²) in [6.07, 6.45) is 0. The highest BCUT2D eigenvalue weighted by molar-refractivity contribution is 6.26. The lowest BCUT2D eigenvalue weighted by molar-refractivity contribution is 0.669. The molecule has 0 aliphatic rings. The molecule has 286 valence electrons. The molecule has 12 rings (SSSR count). The van der Waals surface area contributed by atoms with Crippen LogP contribution < -0.4 is 4.90 Å². The molecule has 3 nitrogen and oxygen atoms in total. The van der Waals surface area contributed by atoms with Gasteiger partial charge in [-0.2, -0.15) is 0 Å². The highest BCUT2D eigenvalue weighted by atomic mass is 16.3. The van der Waals surface area contributed by atoms with Crippen molar-refractivity contribution in [1.29, 1.82) is 0 Å². The van der Waals surface area contributed by atoms with Crippen molar-refractivity contribution in [2.45, 2.75) is 0 Å². The molecular weight excluding hydrogens is 741 g/mol. The molecule has 0 bridgehead atoms. The molecule has 0 spiro atoms. The summed E-state index contributed by atoms with van der Waals surface area (Å²) in [5.41, 5.74) is 15.4. The maximum Gasteiger partial charge on any atom is 0.137 e. The summed E-state index contributed by atoms with van der Waals surface area (Å²) in [5.74, 6) is 0. The first-order chi connectivity index (χ1) is 30.3. The van der Waals surface area contributed by atoms with Gasteiger partial charge in [0, 0.05) is 33.1 Å². The van der Waals surface area contributed by atoms with Gasteiger partial charge in [-0.05, 0) is 99.3 Å². The quantitative estimate of drug-likeness (QED) is 0.161. The summed E-state index contributed by atoms with van der Waals surface area (Å²) in [4.78, 5) is 2.41. The van der Waals surface area contributed by atoms with Crippen LogP contribution in [0.1, 0.15) is 0 Å². The summed E-state index contributed by atoms with van der Waals surface area (Å²) in [7, 11) is 0. The minimum atomic E-state index is 0.845. The fourth-order valence-electron chi connectivity index (χ4n) is 9.45. The van der Waals surface area contributed by atoms with E-state index in [1.165, 1.54) is 38.3 Å². The SMILES string of the molecule is c1ccc(-c2ccc(N(c3ccccc3-c3ccccc3)c3cccc4oc5cc(-c6ccc7c8ccccc8n(-c8ccccc8)c7c6)c6ccccc6c5c34)cc2)cc1. The number of para-hydroxylation sites is 3. The van der Waals surface area contributed by atoms with Gasteiger partial charge < -0.3 is 13.9 Å². The van der Waals surface area contributed by atoms with Crippen molar-refractivity contribution >= 4 is 71.6 Å². The van der Waals surface area contributed by atoms with E-state index in [-0.39, 0.29) is 0 Å². The second kappa shape index (κ2) is 14.3. The lowest BCUT2D eigenvalue weighted by Gasteiger charge is -2.28. The number of rotatable bonds is 7. The molecule has 0 fully saturated rings. The summed E-state index contributed by atoms with van der Waals surface area (Å²) in [5, 5.41) is 6.99. The Morgan fingerprint density at radius 2 is 0.918 bits per heavy atom. The van der Waals surface area contributed by atoms with Crippen molar-refractivity contribution in [1.82, 2.24) is 4.57 Å². The maximum atomic E-state index is 6.97. The zero-order valence-electron chi connectivity index (χ0n) is 33.2. The van der Waals surface area contributed by atoms with E-state index in [1.807, 2.05) is 0 Å². The number of benzene rings is 10. The number of hydrogen-bond acceptors (Lipinski definition) is 2. The van der Waals surface area contributed by atoms with Crippen LogP contribution in [-0.4, -0.2) is 4.57 Å². The smallest absolute Gasteiger partial charge is 0.137 e. The molecule has 0 saturated heterocycles. The third-order valence-electron chi connectivity index (χ3n) is 12.2. The van der Waals surface area contributed by atoms with Gasteiger partial charge in [0.15, 0.2) is 0 Å². The molecule has 12 aromatic rings. The average Bonchev–Trinajstić information content (AvgIpc) is 3.89. The van der Waals surface area contributed by atoms with E-state index in [1.54, 1.807) is 0 Å². The molecule has 0 aliphatic carbocycles. The predicted molar refractivity (Wildman–Crippen MR) is 257 cm³/mol. The summed E-state index contributed by atoms with van der Waals surface area (Å²) in [6.45, 7) is 0. The van der Waals surface area contributed by atoms with Gasteiger partial charge in [-0.3, -0.25) is 0 Å². The van der Waals surface area contributed by atoms with Gasteiger partial charge >= 0.3 is 0 Å². The zero-order valence-corrected chi connectivity index (χ0v) is 33.2. The highest BCUT2D eigenvalue weighted by Gasteiger charge is 2.24. The van der Waals surface area contributed by atoms with Crippen LogP contribution in [0.25, 0.3) is 93.6 Å². The standard InChI is InChI=1S/C58H38N2O/c1-4-17-39(18-5-1)40-31-34-44(35-32-40)59(51-27-14-12-23-45(51)41-19-6-2-7-20-41)53-29-16-30-55-58(53)57-49-26-11-10-24-46(49)50(38-56(57)61-55)42-33-36-48-47-25-13-15-28-52(47)60(54(48)37-42)43-21-8-3-9-22-43/h1-38H. The van der Waals surface area contributed by atoms with Crippen molar-refractivity contribution in [3.8, 4) is 39.1 Å². The van der Waals surface area contributed by atoms with Crippen molar-refractivity contribution in [3.05, 3.63) is 231 Å². The van der Waals surface area contributed by atoms with Crippen LogP contribution in [0.3, 0.4) is 0 Å². The Kier molecular flexibility index (Phi) is 8.17. The van der Waals surface area contributed by atoms with Crippen molar-refractivity contribution in [2.75, 3.05) is 4.90 Å². The van der Waals surface area contributed by atoms with Gasteiger partial charge in [0.05, 0.1) is 27.8 Å². The van der Waals surface area contributed by atoms with E-state index >= 15 is 0 Å². The van der Waals surface area contributed by atoms with E-state index < -0.39 is 0 Å². The Morgan fingerprint density at radius 1 is 0.328 bits per heavy atom. The molecule has 10 aromatic carbocycles. The molecule has 0 atom stereocenters. The molecule has 2 aromatic heterocycles. The Labute approximate surface area is 353 Å². The second-order valence-electron chi connectivity index (χ2n) is 15.6. The summed E-state index contributed by atoms with van der Waals surface area (Å²) >= 11 is 0. The predicted octanol–water partition coefficient (Wildman–Crippen LogP) is 16.3. The lowest BCUT2D eigenvalue weighted by Crippen LogP contribution is -2.11. The molecule has 0 N–H and O–H groups in total. The largest absolute Gasteiger partial charge is 0.456 e. The molecule has 3 heteroatoms. The van der Waals surface area contributed by atoms with Crippen LogP contribution in [0, 0.1) is 0 Å². The molecule has 61 heavy (non-hydrogen) atoms. The summed E-state index contributed by atoms with van der Waals surface area (Å²) in [6, 6.07) is 82.7. The van der Waals surface area contributed by atoms with Gasteiger partial charge in [-0.15, -0.1) is 0 Å². The van der Waals surface area contributed by atoms with Crippen LogP contribution >= 0.6 is 0 Å². The van der Waals surface area contributed by atoms with Gasteiger partial charge in [0.25, 0.3) is 0 Å². The first kappa shape index (κ1) is 34.9. The Balaban J connectivity index is 1.10. The minimum absolute atomic E-state index is 0.845. The number of hydrogen-bond donors (Lipinski definition) is 0. The van der Waals surface area contributed by atoms with Crippen LogP contribution in [0.5, 0.6) is 0 Å². The Hall–Kier alpha value is -8.14. The first-order valence-corrected chi connectivity index (χ1v) is 20.8. The molecule has 2 heterocycles. The fraction of sp³-hybridized carbons (Fsp3) is 0. The minimum Gasteiger partial charge on any atom is -0.456 e. The lowest BCUT2D eigenvalue weighted by atomic mass is 9.93. The van der Waals surface area contributed by atoms with Crippen molar-refractivity contribution < 1.29 is 4.42 Å². The number of fused-ring (bicyclic) bond motifs is 8. The molecule has 0 aliphatic heterocycles. The van der Waals surface area contributed by atoms with E-state index in [2.05, 4.69) is 240 Å². The Morgan fingerprint density at radius 3 is 1.70 bits per heavy atom. The van der Waals surface area contributed by atoms with Crippen LogP contribution in [0.2, 0.25) is 0 Å². The van der Waals surface area contributed by atoms with Gasteiger partial charge in [-0.1, -0.05) is 170 Å². The van der Waals surface area contributed by atoms with E-state index in [0.717, 1.165) is 72.3 Å². The average molecular weight is 779 g/mol. The van der Waals surface area contributed by atoms with Crippen LogP contribution in [0.4, 0.5) is 17.1 Å². The molecule has 0 radical (unpaired) electrons. The third-order valence-corrected chi connectivity index (χ3v) is 12.2. The van der Waals surface area contributed by atoms with Gasteiger partial charge in [-0.25, -0.2) is 0 Å². The van der Waals surface area contributed by atoms with Crippen molar-refractivity contribution in [2.24, 2.45) is 0 Å². The fourth-order valence-corrected chi connectivity index (χ4v) is 9.45.